The molecule has 1 heterocycles. The van der Waals surface area contributed by atoms with Crippen LogP contribution in [0.1, 0.15) is 38.2 Å². The van der Waals surface area contributed by atoms with Gasteiger partial charge in [-0.3, -0.25) is 13.9 Å². The normalized spacial score (nSPS) is 16.1. The van der Waals surface area contributed by atoms with Crippen molar-refractivity contribution in [1.82, 2.24) is 10.2 Å². The Morgan fingerprint density at radius 3 is 2.37 bits per heavy atom. The molecular formula is C26H31Cl2N3O6S. The first kappa shape index (κ1) is 28.3. The molecule has 1 N–H and O–H groups in total. The van der Waals surface area contributed by atoms with Gasteiger partial charge in [0.1, 0.15) is 25.8 Å². The zero-order valence-electron chi connectivity index (χ0n) is 21.3. The molecule has 38 heavy (non-hydrogen) atoms. The summed E-state index contributed by atoms with van der Waals surface area (Å²) in [5, 5.41) is 3.70. The highest BCUT2D eigenvalue weighted by molar-refractivity contribution is 7.92. The van der Waals surface area contributed by atoms with Crippen molar-refractivity contribution in [1.29, 1.82) is 0 Å². The molecule has 0 aromatic heterocycles. The number of benzene rings is 2. The molecule has 2 amide bonds. The number of fused-ring (bicyclic) bond motifs is 1. The minimum Gasteiger partial charge on any atom is -0.486 e. The van der Waals surface area contributed by atoms with Crippen molar-refractivity contribution in [2.45, 2.75) is 51.2 Å². The first-order valence-corrected chi connectivity index (χ1v) is 15.0. The molecule has 2 aromatic rings. The molecule has 0 unspecified atom stereocenters. The van der Waals surface area contributed by atoms with Crippen LogP contribution in [-0.2, 0) is 26.2 Å². The number of rotatable bonds is 9. The van der Waals surface area contributed by atoms with Crippen LogP contribution in [0.2, 0.25) is 10.0 Å². The van der Waals surface area contributed by atoms with Crippen LogP contribution in [0.25, 0.3) is 0 Å². The van der Waals surface area contributed by atoms with E-state index in [9.17, 15) is 18.0 Å². The monoisotopic (exact) mass is 583 g/mol. The third-order valence-corrected chi connectivity index (χ3v) is 8.58. The van der Waals surface area contributed by atoms with Gasteiger partial charge in [-0.15, -0.1) is 0 Å². The number of nitrogens with zero attached hydrogens (tertiary/aromatic N) is 2. The SMILES string of the molecule is C[C@@H](C(=O)NC1CCCC1)N(Cc1ccc(Cl)c(Cl)c1)C(=O)CN(c1ccc2c(c1)OCCO2)S(C)(=O)=O. The maximum Gasteiger partial charge on any atom is 0.244 e. The van der Waals surface area contributed by atoms with E-state index in [1.54, 1.807) is 37.3 Å². The molecule has 2 aromatic carbocycles. The summed E-state index contributed by atoms with van der Waals surface area (Å²) in [7, 11) is -3.87. The lowest BCUT2D eigenvalue weighted by atomic mass is 10.1. The van der Waals surface area contributed by atoms with Crippen LogP contribution in [0.3, 0.4) is 0 Å². The number of amides is 2. The highest BCUT2D eigenvalue weighted by Gasteiger charge is 2.32. The van der Waals surface area contributed by atoms with Crippen LogP contribution < -0.4 is 19.1 Å². The molecule has 1 aliphatic heterocycles. The molecule has 1 aliphatic carbocycles. The Morgan fingerprint density at radius 2 is 1.71 bits per heavy atom. The summed E-state index contributed by atoms with van der Waals surface area (Å²) in [6, 6.07) is 8.85. The molecule has 0 spiro atoms. The predicted molar refractivity (Wildman–Crippen MR) is 146 cm³/mol. The number of carbonyl (C=O) groups excluding carboxylic acids is 2. The zero-order chi connectivity index (χ0) is 27.4. The second-order valence-electron chi connectivity index (χ2n) is 9.53. The highest BCUT2D eigenvalue weighted by Crippen LogP contribution is 2.35. The second-order valence-corrected chi connectivity index (χ2v) is 12.3. The minimum atomic E-state index is -3.87. The van der Waals surface area contributed by atoms with Crippen LogP contribution in [0.5, 0.6) is 11.5 Å². The van der Waals surface area contributed by atoms with E-state index in [1.165, 1.54) is 11.0 Å². The smallest absolute Gasteiger partial charge is 0.244 e. The molecular weight excluding hydrogens is 553 g/mol. The van der Waals surface area contributed by atoms with Gasteiger partial charge in [-0.2, -0.15) is 0 Å². The van der Waals surface area contributed by atoms with Gasteiger partial charge in [-0.1, -0.05) is 42.1 Å². The fourth-order valence-corrected chi connectivity index (χ4v) is 5.77. The first-order chi connectivity index (χ1) is 18.0. The van der Waals surface area contributed by atoms with E-state index in [2.05, 4.69) is 5.32 Å². The molecule has 12 heteroatoms. The van der Waals surface area contributed by atoms with Crippen LogP contribution in [0.4, 0.5) is 5.69 Å². The quantitative estimate of drug-likeness (QED) is 0.478. The average Bonchev–Trinajstić information content (AvgIpc) is 3.39. The number of nitrogens with one attached hydrogen (secondary N) is 1. The van der Waals surface area contributed by atoms with Gasteiger partial charge in [0, 0.05) is 18.7 Å². The second kappa shape index (κ2) is 12.0. The van der Waals surface area contributed by atoms with E-state index in [-0.39, 0.29) is 24.2 Å². The summed E-state index contributed by atoms with van der Waals surface area (Å²) in [5.41, 5.74) is 0.904. The lowest BCUT2D eigenvalue weighted by Crippen LogP contribution is -2.52. The van der Waals surface area contributed by atoms with E-state index in [4.69, 9.17) is 32.7 Å². The van der Waals surface area contributed by atoms with Crippen molar-refractivity contribution in [2.24, 2.45) is 0 Å². The summed E-state index contributed by atoms with van der Waals surface area (Å²) in [6.45, 7) is 1.88. The van der Waals surface area contributed by atoms with Gasteiger partial charge in [-0.05, 0) is 49.6 Å². The Morgan fingerprint density at radius 1 is 1.03 bits per heavy atom. The molecule has 0 bridgehead atoms. The van der Waals surface area contributed by atoms with Crippen LogP contribution in [0, 0.1) is 0 Å². The summed E-state index contributed by atoms with van der Waals surface area (Å²) >= 11 is 12.2. The Bertz CT molecular complexity index is 1300. The molecule has 1 saturated carbocycles. The van der Waals surface area contributed by atoms with Crippen LogP contribution in [0.15, 0.2) is 36.4 Å². The molecule has 4 rings (SSSR count). The van der Waals surface area contributed by atoms with Gasteiger partial charge in [0.05, 0.1) is 22.0 Å². The molecule has 206 valence electrons. The van der Waals surface area contributed by atoms with Crippen molar-refractivity contribution in [3.05, 3.63) is 52.0 Å². The predicted octanol–water partition coefficient (Wildman–Crippen LogP) is 4.01. The van der Waals surface area contributed by atoms with E-state index in [0.717, 1.165) is 36.2 Å². The first-order valence-electron chi connectivity index (χ1n) is 12.4. The largest absolute Gasteiger partial charge is 0.486 e. The number of halogens is 2. The Hall–Kier alpha value is -2.69. The maximum atomic E-state index is 13.7. The van der Waals surface area contributed by atoms with Gasteiger partial charge < -0.3 is 19.7 Å². The van der Waals surface area contributed by atoms with Gasteiger partial charge in [0.2, 0.25) is 21.8 Å². The Labute approximate surface area is 233 Å². The molecule has 9 nitrogen and oxygen atoms in total. The fourth-order valence-electron chi connectivity index (χ4n) is 4.61. The van der Waals surface area contributed by atoms with Crippen molar-refractivity contribution < 1.29 is 27.5 Å². The molecule has 2 aliphatic rings. The lowest BCUT2D eigenvalue weighted by Gasteiger charge is -2.32. The van der Waals surface area contributed by atoms with Gasteiger partial charge in [0.15, 0.2) is 11.5 Å². The number of carbonyl (C=O) groups is 2. The summed E-state index contributed by atoms with van der Waals surface area (Å²) in [6.07, 6.45) is 4.90. The molecule has 0 saturated heterocycles. The fraction of sp³-hybridized carbons (Fsp3) is 0.462. The van der Waals surface area contributed by atoms with Gasteiger partial charge in [-0.25, -0.2) is 8.42 Å². The van der Waals surface area contributed by atoms with E-state index >= 15 is 0 Å². The number of hydrogen-bond acceptors (Lipinski definition) is 6. The number of sulfonamides is 1. The standard InChI is InChI=1S/C26H31Cl2N3O6S/c1-17(26(33)29-19-5-3-4-6-19)30(15-18-7-9-21(27)22(28)13-18)25(32)16-31(38(2,34)35)20-8-10-23-24(14-20)37-12-11-36-23/h7-10,13-14,17,19H,3-6,11-12,15-16H2,1-2H3,(H,29,33)/t17-/m0/s1. The molecule has 1 fully saturated rings. The summed E-state index contributed by atoms with van der Waals surface area (Å²) < 4.78 is 37.7. The van der Waals surface area contributed by atoms with Gasteiger partial charge >= 0.3 is 0 Å². The van der Waals surface area contributed by atoms with Crippen molar-refractivity contribution in [2.75, 3.05) is 30.3 Å². The Kier molecular flexibility index (Phi) is 8.95. The van der Waals surface area contributed by atoms with Crippen molar-refractivity contribution in [3.8, 4) is 11.5 Å². The van der Waals surface area contributed by atoms with E-state index in [0.29, 0.717) is 40.3 Å². The summed E-state index contributed by atoms with van der Waals surface area (Å²) in [5.74, 6) is 0.0473. The Balaban J connectivity index is 1.61. The number of hydrogen-bond donors (Lipinski definition) is 1. The van der Waals surface area contributed by atoms with E-state index in [1.807, 2.05) is 0 Å². The van der Waals surface area contributed by atoms with E-state index < -0.39 is 28.5 Å². The maximum absolute atomic E-state index is 13.7. The van der Waals surface area contributed by atoms with Crippen molar-refractivity contribution in [3.63, 3.8) is 0 Å². The molecule has 0 radical (unpaired) electrons. The topological polar surface area (TPSA) is 105 Å². The van der Waals surface area contributed by atoms with Gasteiger partial charge in [0.25, 0.3) is 0 Å². The third-order valence-electron chi connectivity index (χ3n) is 6.70. The zero-order valence-corrected chi connectivity index (χ0v) is 23.6. The van der Waals surface area contributed by atoms with Crippen LogP contribution >= 0.6 is 23.2 Å². The highest BCUT2D eigenvalue weighted by atomic mass is 35.5. The number of ether oxygens (including phenoxy) is 2. The molecule has 1 atom stereocenters. The summed E-state index contributed by atoms with van der Waals surface area (Å²) in [4.78, 5) is 28.2. The minimum absolute atomic E-state index is 0.0354. The van der Waals surface area contributed by atoms with Crippen LogP contribution in [-0.4, -0.2) is 63.2 Å². The third kappa shape index (κ3) is 6.84. The van der Waals surface area contributed by atoms with Crippen molar-refractivity contribution >= 4 is 50.7 Å². The number of anilines is 1. The average molecular weight is 585 g/mol. The lowest BCUT2D eigenvalue weighted by molar-refractivity contribution is -0.139.